The van der Waals surface area contributed by atoms with E-state index in [1.165, 1.54) is 0 Å². The molecule has 4 nitrogen and oxygen atoms in total. The fraction of sp³-hybridized carbons (Fsp3) is 0.333. The summed E-state index contributed by atoms with van der Waals surface area (Å²) in [6, 6.07) is 4.73. The Morgan fingerprint density at radius 2 is 2.07 bits per heavy atom. The SMILES string of the molecule is CCC(c1ccc(Cl)c(N)c1)S(N)(=O)=O. The molecule has 15 heavy (non-hydrogen) atoms. The number of anilines is 1. The fourth-order valence-electron chi connectivity index (χ4n) is 1.42. The van der Waals surface area contributed by atoms with Gasteiger partial charge in [-0.25, -0.2) is 13.6 Å². The van der Waals surface area contributed by atoms with Crippen LogP contribution in [0.2, 0.25) is 5.02 Å². The second kappa shape index (κ2) is 4.38. The number of hydrogen-bond donors (Lipinski definition) is 2. The van der Waals surface area contributed by atoms with Crippen LogP contribution in [0.15, 0.2) is 18.2 Å². The zero-order chi connectivity index (χ0) is 11.6. The lowest BCUT2D eigenvalue weighted by Crippen LogP contribution is -2.21. The Kier molecular flexibility index (Phi) is 3.59. The van der Waals surface area contributed by atoms with E-state index < -0.39 is 15.3 Å². The summed E-state index contributed by atoms with van der Waals surface area (Å²) in [4.78, 5) is 0. The minimum atomic E-state index is -3.60. The highest BCUT2D eigenvalue weighted by Crippen LogP contribution is 2.28. The predicted molar refractivity (Wildman–Crippen MR) is 62.0 cm³/mol. The molecule has 0 amide bonds. The van der Waals surface area contributed by atoms with Crippen molar-refractivity contribution in [1.29, 1.82) is 0 Å². The zero-order valence-corrected chi connectivity index (χ0v) is 9.85. The van der Waals surface area contributed by atoms with Crippen molar-refractivity contribution in [3.05, 3.63) is 28.8 Å². The average Bonchev–Trinajstić information content (AvgIpc) is 2.10. The molecule has 0 bridgehead atoms. The molecule has 1 aromatic carbocycles. The summed E-state index contributed by atoms with van der Waals surface area (Å²) in [6.45, 7) is 1.75. The van der Waals surface area contributed by atoms with E-state index in [0.29, 0.717) is 22.7 Å². The molecule has 0 saturated heterocycles. The number of sulfonamides is 1. The molecule has 0 aliphatic rings. The van der Waals surface area contributed by atoms with Crippen molar-refractivity contribution in [2.45, 2.75) is 18.6 Å². The number of hydrogen-bond acceptors (Lipinski definition) is 3. The molecule has 0 fully saturated rings. The van der Waals surface area contributed by atoms with E-state index in [1.807, 2.05) is 0 Å². The van der Waals surface area contributed by atoms with Gasteiger partial charge in [0.2, 0.25) is 10.0 Å². The summed E-state index contributed by atoms with van der Waals surface area (Å²) in [6.07, 6.45) is 0.403. The third kappa shape index (κ3) is 2.84. The second-order valence-corrected chi connectivity index (χ2v) is 5.42. The van der Waals surface area contributed by atoms with E-state index in [1.54, 1.807) is 25.1 Å². The van der Waals surface area contributed by atoms with E-state index in [0.717, 1.165) is 0 Å². The Bertz CT molecular complexity index is 459. The van der Waals surface area contributed by atoms with Gasteiger partial charge >= 0.3 is 0 Å². The van der Waals surface area contributed by atoms with E-state index in [9.17, 15) is 8.42 Å². The molecule has 1 unspecified atom stereocenters. The molecule has 1 aromatic rings. The summed E-state index contributed by atoms with van der Waals surface area (Å²) in [5.41, 5.74) is 6.52. The minimum Gasteiger partial charge on any atom is -0.398 e. The Hall–Kier alpha value is -0.780. The summed E-state index contributed by atoms with van der Waals surface area (Å²) in [5, 5.41) is 4.79. The maximum Gasteiger partial charge on any atom is 0.216 e. The molecule has 84 valence electrons. The van der Waals surface area contributed by atoms with Crippen molar-refractivity contribution in [2.75, 3.05) is 5.73 Å². The Morgan fingerprint density at radius 1 is 1.47 bits per heavy atom. The quantitative estimate of drug-likeness (QED) is 0.798. The van der Waals surface area contributed by atoms with Gasteiger partial charge < -0.3 is 5.73 Å². The topological polar surface area (TPSA) is 86.2 Å². The van der Waals surface area contributed by atoms with Crippen LogP contribution in [0.1, 0.15) is 24.2 Å². The molecule has 0 spiro atoms. The van der Waals surface area contributed by atoms with E-state index in [-0.39, 0.29) is 0 Å². The van der Waals surface area contributed by atoms with E-state index in [2.05, 4.69) is 0 Å². The first-order valence-electron chi connectivity index (χ1n) is 4.42. The van der Waals surface area contributed by atoms with Crippen molar-refractivity contribution in [3.63, 3.8) is 0 Å². The Labute approximate surface area is 94.3 Å². The molecule has 1 rings (SSSR count). The third-order valence-electron chi connectivity index (χ3n) is 2.16. The smallest absolute Gasteiger partial charge is 0.216 e. The van der Waals surface area contributed by atoms with Crippen molar-refractivity contribution < 1.29 is 8.42 Å². The van der Waals surface area contributed by atoms with Crippen LogP contribution in [0.25, 0.3) is 0 Å². The number of nitrogen functional groups attached to an aromatic ring is 1. The standard InChI is InChI=1S/C9H13ClN2O2S/c1-2-9(15(12,13)14)6-3-4-7(10)8(11)5-6/h3-5,9H,2,11H2,1H3,(H2,12,13,14). The Balaban J connectivity index is 3.20. The molecule has 1 atom stereocenters. The van der Waals surface area contributed by atoms with Crippen molar-refractivity contribution >= 4 is 27.3 Å². The van der Waals surface area contributed by atoms with Crippen LogP contribution in [0.5, 0.6) is 0 Å². The molecule has 4 N–H and O–H groups in total. The van der Waals surface area contributed by atoms with Crippen LogP contribution in [-0.4, -0.2) is 8.42 Å². The summed E-state index contributed by atoms with van der Waals surface area (Å²) >= 11 is 5.74. The van der Waals surface area contributed by atoms with Gasteiger partial charge in [-0.05, 0) is 24.1 Å². The molecular formula is C9H13ClN2O2S. The minimum absolute atomic E-state index is 0.358. The summed E-state index contributed by atoms with van der Waals surface area (Å²) < 4.78 is 22.5. The molecule has 6 heteroatoms. The number of nitrogens with two attached hydrogens (primary N) is 2. The van der Waals surface area contributed by atoms with E-state index >= 15 is 0 Å². The fourth-order valence-corrected chi connectivity index (χ4v) is 2.53. The van der Waals surface area contributed by atoms with Gasteiger partial charge in [0.05, 0.1) is 16.0 Å². The first kappa shape index (κ1) is 12.3. The number of halogens is 1. The highest BCUT2D eigenvalue weighted by Gasteiger charge is 2.21. The molecule has 0 radical (unpaired) electrons. The third-order valence-corrected chi connectivity index (χ3v) is 3.90. The summed E-state index contributed by atoms with van der Waals surface area (Å²) in [7, 11) is -3.60. The van der Waals surface area contributed by atoms with Crippen LogP contribution in [-0.2, 0) is 10.0 Å². The normalized spacial score (nSPS) is 13.8. The van der Waals surface area contributed by atoms with E-state index in [4.69, 9.17) is 22.5 Å². The first-order valence-corrected chi connectivity index (χ1v) is 6.41. The van der Waals surface area contributed by atoms with Crippen LogP contribution in [0.4, 0.5) is 5.69 Å². The van der Waals surface area contributed by atoms with Crippen molar-refractivity contribution in [1.82, 2.24) is 0 Å². The van der Waals surface area contributed by atoms with Gasteiger partial charge in [-0.3, -0.25) is 0 Å². The monoisotopic (exact) mass is 248 g/mol. The second-order valence-electron chi connectivity index (χ2n) is 3.27. The number of rotatable bonds is 3. The lowest BCUT2D eigenvalue weighted by molar-refractivity contribution is 0.581. The maximum atomic E-state index is 11.3. The molecule has 0 saturated carbocycles. The van der Waals surface area contributed by atoms with Crippen molar-refractivity contribution in [3.8, 4) is 0 Å². The van der Waals surface area contributed by atoms with Gasteiger partial charge in [0, 0.05) is 0 Å². The van der Waals surface area contributed by atoms with Crippen LogP contribution in [0.3, 0.4) is 0 Å². The Morgan fingerprint density at radius 3 is 2.47 bits per heavy atom. The highest BCUT2D eigenvalue weighted by molar-refractivity contribution is 7.89. The molecule has 0 heterocycles. The lowest BCUT2D eigenvalue weighted by Gasteiger charge is -2.13. The number of primary sulfonamides is 1. The average molecular weight is 249 g/mol. The van der Waals surface area contributed by atoms with Crippen LogP contribution >= 0.6 is 11.6 Å². The molecule has 0 aliphatic heterocycles. The van der Waals surface area contributed by atoms with Gasteiger partial charge in [-0.15, -0.1) is 0 Å². The molecule has 0 aliphatic carbocycles. The largest absolute Gasteiger partial charge is 0.398 e. The zero-order valence-electron chi connectivity index (χ0n) is 8.27. The maximum absolute atomic E-state index is 11.3. The molecular weight excluding hydrogens is 236 g/mol. The highest BCUT2D eigenvalue weighted by atomic mass is 35.5. The summed E-state index contributed by atoms with van der Waals surface area (Å²) in [5.74, 6) is 0. The van der Waals surface area contributed by atoms with Gasteiger partial charge in [0.1, 0.15) is 0 Å². The van der Waals surface area contributed by atoms with Crippen molar-refractivity contribution in [2.24, 2.45) is 5.14 Å². The van der Waals surface area contributed by atoms with Crippen LogP contribution in [0, 0.1) is 0 Å². The molecule has 0 aromatic heterocycles. The number of benzene rings is 1. The predicted octanol–water partition coefficient (Wildman–Crippen LogP) is 1.66. The van der Waals surface area contributed by atoms with Gasteiger partial charge in [-0.1, -0.05) is 24.6 Å². The van der Waals surface area contributed by atoms with Crippen LogP contribution < -0.4 is 10.9 Å². The van der Waals surface area contributed by atoms with Gasteiger partial charge in [0.25, 0.3) is 0 Å². The van der Waals surface area contributed by atoms with Gasteiger partial charge in [0.15, 0.2) is 0 Å². The van der Waals surface area contributed by atoms with Gasteiger partial charge in [-0.2, -0.15) is 0 Å². The first-order chi connectivity index (χ1) is 6.86. The lowest BCUT2D eigenvalue weighted by atomic mass is 10.1.